The molecule has 0 bridgehead atoms. The maximum Gasteiger partial charge on any atom is 0.124 e. The Morgan fingerprint density at radius 1 is 1.67 bits per heavy atom. The summed E-state index contributed by atoms with van der Waals surface area (Å²) in [6.45, 7) is 7.88. The SMILES string of the molecule is CC(C)[C@@H]1CN(Cc2ccon2)CCS1. The molecule has 84 valence electrons. The van der Waals surface area contributed by atoms with Gasteiger partial charge in [0, 0.05) is 36.7 Å². The summed E-state index contributed by atoms with van der Waals surface area (Å²) in [5.41, 5.74) is 1.05. The van der Waals surface area contributed by atoms with Gasteiger partial charge in [0.2, 0.25) is 0 Å². The van der Waals surface area contributed by atoms with Crippen molar-refractivity contribution >= 4 is 11.8 Å². The van der Waals surface area contributed by atoms with Crippen molar-refractivity contribution in [1.29, 1.82) is 0 Å². The molecule has 1 aromatic rings. The highest BCUT2D eigenvalue weighted by molar-refractivity contribution is 8.00. The van der Waals surface area contributed by atoms with Crippen molar-refractivity contribution in [3.63, 3.8) is 0 Å². The van der Waals surface area contributed by atoms with Crippen molar-refractivity contribution in [2.45, 2.75) is 25.6 Å². The molecule has 0 unspecified atom stereocenters. The van der Waals surface area contributed by atoms with Gasteiger partial charge in [-0.2, -0.15) is 11.8 Å². The van der Waals surface area contributed by atoms with E-state index in [2.05, 4.69) is 35.7 Å². The lowest BCUT2D eigenvalue weighted by molar-refractivity contribution is 0.252. The number of rotatable bonds is 3. The number of aromatic nitrogens is 1. The Bertz CT molecular complexity index is 287. The van der Waals surface area contributed by atoms with E-state index in [1.807, 2.05) is 6.07 Å². The van der Waals surface area contributed by atoms with Gasteiger partial charge < -0.3 is 4.52 Å². The molecule has 1 aliphatic heterocycles. The fraction of sp³-hybridized carbons (Fsp3) is 0.727. The third-order valence-electron chi connectivity index (χ3n) is 2.80. The normalized spacial score (nSPS) is 23.5. The van der Waals surface area contributed by atoms with E-state index < -0.39 is 0 Å². The number of thioether (sulfide) groups is 1. The highest BCUT2D eigenvalue weighted by Crippen LogP contribution is 2.25. The molecule has 1 aliphatic rings. The van der Waals surface area contributed by atoms with Crippen molar-refractivity contribution in [2.75, 3.05) is 18.8 Å². The Morgan fingerprint density at radius 3 is 3.20 bits per heavy atom. The minimum atomic E-state index is 0.759. The molecule has 1 atom stereocenters. The molecule has 2 rings (SSSR count). The summed E-state index contributed by atoms with van der Waals surface area (Å²) in [4.78, 5) is 2.47. The van der Waals surface area contributed by atoms with Crippen LogP contribution in [0.3, 0.4) is 0 Å². The van der Waals surface area contributed by atoms with Gasteiger partial charge in [-0.3, -0.25) is 4.90 Å². The highest BCUT2D eigenvalue weighted by atomic mass is 32.2. The number of nitrogens with zero attached hydrogens (tertiary/aromatic N) is 2. The Labute approximate surface area is 95.2 Å². The van der Waals surface area contributed by atoms with E-state index in [1.165, 1.54) is 18.8 Å². The minimum absolute atomic E-state index is 0.759. The monoisotopic (exact) mass is 226 g/mol. The van der Waals surface area contributed by atoms with Gasteiger partial charge in [-0.15, -0.1) is 0 Å². The van der Waals surface area contributed by atoms with Gasteiger partial charge in [0.25, 0.3) is 0 Å². The fourth-order valence-electron chi connectivity index (χ4n) is 1.83. The summed E-state index contributed by atoms with van der Waals surface area (Å²) in [5.74, 6) is 2.00. The number of hydrogen-bond donors (Lipinski definition) is 0. The molecular formula is C11H18N2OS. The maximum absolute atomic E-state index is 4.85. The lowest BCUT2D eigenvalue weighted by Gasteiger charge is -2.33. The van der Waals surface area contributed by atoms with E-state index in [9.17, 15) is 0 Å². The summed E-state index contributed by atoms with van der Waals surface area (Å²) >= 11 is 2.10. The summed E-state index contributed by atoms with van der Waals surface area (Å²) in [6.07, 6.45) is 1.65. The average molecular weight is 226 g/mol. The Hall–Kier alpha value is -0.480. The van der Waals surface area contributed by atoms with E-state index in [1.54, 1.807) is 6.26 Å². The van der Waals surface area contributed by atoms with Crippen LogP contribution in [-0.4, -0.2) is 34.1 Å². The van der Waals surface area contributed by atoms with Crippen LogP contribution in [0.15, 0.2) is 16.9 Å². The van der Waals surface area contributed by atoms with Gasteiger partial charge in [-0.05, 0) is 5.92 Å². The van der Waals surface area contributed by atoms with E-state index >= 15 is 0 Å². The first-order valence-corrected chi connectivity index (χ1v) is 6.54. The lowest BCUT2D eigenvalue weighted by Crippen LogP contribution is -2.39. The van der Waals surface area contributed by atoms with Gasteiger partial charge in [-0.25, -0.2) is 0 Å². The second-order valence-electron chi connectivity index (χ2n) is 4.38. The summed E-state index contributed by atoms with van der Waals surface area (Å²) in [6, 6.07) is 1.95. The zero-order valence-corrected chi connectivity index (χ0v) is 10.2. The minimum Gasteiger partial charge on any atom is -0.364 e. The molecule has 3 nitrogen and oxygen atoms in total. The highest BCUT2D eigenvalue weighted by Gasteiger charge is 2.23. The lowest BCUT2D eigenvalue weighted by atomic mass is 10.1. The summed E-state index contributed by atoms with van der Waals surface area (Å²) < 4.78 is 4.85. The van der Waals surface area contributed by atoms with Crippen LogP contribution in [0.1, 0.15) is 19.5 Å². The predicted octanol–water partition coefficient (Wildman–Crippen LogP) is 2.25. The molecule has 0 aliphatic carbocycles. The first-order valence-electron chi connectivity index (χ1n) is 5.49. The van der Waals surface area contributed by atoms with Crippen LogP contribution in [-0.2, 0) is 6.54 Å². The van der Waals surface area contributed by atoms with Gasteiger partial charge in [0.05, 0.1) is 5.69 Å². The first-order chi connectivity index (χ1) is 7.25. The first kappa shape index (κ1) is 11.0. The van der Waals surface area contributed by atoms with Crippen LogP contribution in [0.5, 0.6) is 0 Å². The van der Waals surface area contributed by atoms with E-state index in [4.69, 9.17) is 4.52 Å². The number of hydrogen-bond acceptors (Lipinski definition) is 4. The third kappa shape index (κ3) is 2.98. The second kappa shape index (κ2) is 5.03. The van der Waals surface area contributed by atoms with Crippen LogP contribution < -0.4 is 0 Å². The van der Waals surface area contributed by atoms with Gasteiger partial charge in [0.15, 0.2) is 0 Å². The molecule has 0 radical (unpaired) electrons. The quantitative estimate of drug-likeness (QED) is 0.790. The standard InChI is InChI=1S/C11H18N2OS/c1-9(2)11-8-13(4-6-15-11)7-10-3-5-14-12-10/h3,5,9,11H,4,6-8H2,1-2H3/t11-/m0/s1. The smallest absolute Gasteiger partial charge is 0.124 e. The Morgan fingerprint density at radius 2 is 2.53 bits per heavy atom. The topological polar surface area (TPSA) is 29.3 Å². The average Bonchev–Trinajstić information content (AvgIpc) is 2.71. The molecular weight excluding hydrogens is 208 g/mol. The molecule has 0 spiro atoms. The van der Waals surface area contributed by atoms with Gasteiger partial charge in [-0.1, -0.05) is 19.0 Å². The molecule has 1 saturated heterocycles. The van der Waals surface area contributed by atoms with Gasteiger partial charge >= 0.3 is 0 Å². The van der Waals surface area contributed by atoms with Gasteiger partial charge in [0.1, 0.15) is 6.26 Å². The Kier molecular flexibility index (Phi) is 3.70. The molecule has 2 heterocycles. The van der Waals surface area contributed by atoms with Crippen molar-refractivity contribution in [3.05, 3.63) is 18.0 Å². The summed E-state index contributed by atoms with van der Waals surface area (Å²) in [5, 5.41) is 4.73. The zero-order chi connectivity index (χ0) is 10.7. The van der Waals surface area contributed by atoms with Crippen LogP contribution >= 0.6 is 11.8 Å². The fourth-order valence-corrected chi connectivity index (χ4v) is 3.19. The second-order valence-corrected chi connectivity index (χ2v) is 5.73. The summed E-state index contributed by atoms with van der Waals surface area (Å²) in [7, 11) is 0. The Balaban J connectivity index is 1.88. The van der Waals surface area contributed by atoms with E-state index in [-0.39, 0.29) is 0 Å². The molecule has 0 saturated carbocycles. The van der Waals surface area contributed by atoms with E-state index in [0.717, 1.165) is 23.4 Å². The largest absolute Gasteiger partial charge is 0.364 e. The molecule has 15 heavy (non-hydrogen) atoms. The molecule has 0 N–H and O–H groups in total. The van der Waals surface area contributed by atoms with Crippen molar-refractivity contribution < 1.29 is 4.52 Å². The molecule has 1 fully saturated rings. The van der Waals surface area contributed by atoms with Crippen molar-refractivity contribution in [2.24, 2.45) is 5.92 Å². The van der Waals surface area contributed by atoms with Crippen LogP contribution in [0.4, 0.5) is 0 Å². The molecule has 1 aromatic heterocycles. The van der Waals surface area contributed by atoms with E-state index in [0.29, 0.717) is 0 Å². The predicted molar refractivity (Wildman–Crippen MR) is 62.9 cm³/mol. The van der Waals surface area contributed by atoms with Crippen molar-refractivity contribution in [3.8, 4) is 0 Å². The van der Waals surface area contributed by atoms with Crippen LogP contribution in [0, 0.1) is 5.92 Å². The maximum atomic E-state index is 4.85. The van der Waals surface area contributed by atoms with Crippen molar-refractivity contribution in [1.82, 2.24) is 10.1 Å². The molecule has 0 amide bonds. The third-order valence-corrected chi connectivity index (χ3v) is 4.34. The molecule has 4 heteroatoms. The van der Waals surface area contributed by atoms with Crippen LogP contribution in [0.2, 0.25) is 0 Å². The van der Waals surface area contributed by atoms with Crippen LogP contribution in [0.25, 0.3) is 0 Å². The zero-order valence-electron chi connectivity index (χ0n) is 9.35. The molecule has 0 aromatic carbocycles.